The maximum atomic E-state index is 14.4. The van der Waals surface area contributed by atoms with E-state index in [2.05, 4.69) is 10.1 Å². The van der Waals surface area contributed by atoms with Gasteiger partial charge in [0.1, 0.15) is 17.5 Å². The Balaban J connectivity index is 1.61. The second kappa shape index (κ2) is 7.72. The number of esters is 1. The number of nitrogens with zero attached hydrogens (tertiary/aromatic N) is 4. The lowest BCUT2D eigenvalue weighted by Gasteiger charge is -2.25. The van der Waals surface area contributed by atoms with Crippen LogP contribution >= 0.6 is 0 Å². The Morgan fingerprint density at radius 3 is 2.79 bits per heavy atom. The number of anilines is 1. The molecule has 1 unspecified atom stereocenters. The Kier molecular flexibility index (Phi) is 4.95. The molecule has 3 heterocycles. The van der Waals surface area contributed by atoms with Crippen LogP contribution in [0.3, 0.4) is 0 Å². The van der Waals surface area contributed by atoms with Crippen molar-refractivity contribution in [2.45, 2.75) is 25.3 Å². The average molecular weight is 458 g/mol. The first-order valence-electron chi connectivity index (χ1n) is 10.3. The van der Waals surface area contributed by atoms with E-state index in [-0.39, 0.29) is 18.0 Å². The molecule has 6 nitrogen and oxygen atoms in total. The van der Waals surface area contributed by atoms with Crippen LogP contribution in [0, 0.1) is 11.6 Å². The number of aromatic nitrogens is 3. The van der Waals surface area contributed by atoms with Gasteiger partial charge in [-0.2, -0.15) is 5.10 Å². The van der Waals surface area contributed by atoms with Crippen LogP contribution in [-0.2, 0) is 4.74 Å². The maximum Gasteiger partial charge on any atom is 0.338 e. The van der Waals surface area contributed by atoms with E-state index in [0.717, 1.165) is 18.2 Å². The number of halogens is 4. The quantitative estimate of drug-likeness (QED) is 0.321. The van der Waals surface area contributed by atoms with Gasteiger partial charge in [-0.1, -0.05) is 0 Å². The summed E-state index contributed by atoms with van der Waals surface area (Å²) >= 11 is 0. The van der Waals surface area contributed by atoms with Crippen molar-refractivity contribution in [1.82, 2.24) is 14.6 Å². The van der Waals surface area contributed by atoms with Gasteiger partial charge in [0.15, 0.2) is 5.65 Å². The number of carbonyl (C=O) groups is 1. The lowest BCUT2D eigenvalue weighted by molar-refractivity contribution is 0.0221. The van der Waals surface area contributed by atoms with Gasteiger partial charge in [0.25, 0.3) is 5.92 Å². The van der Waals surface area contributed by atoms with Crippen molar-refractivity contribution in [1.29, 1.82) is 0 Å². The molecule has 0 saturated carbocycles. The van der Waals surface area contributed by atoms with Crippen LogP contribution in [-0.4, -0.2) is 39.6 Å². The highest BCUT2D eigenvalue weighted by molar-refractivity contribution is 5.99. The van der Waals surface area contributed by atoms with E-state index in [4.69, 9.17) is 4.74 Å². The molecule has 0 aliphatic carbocycles. The molecule has 0 radical (unpaired) electrons. The van der Waals surface area contributed by atoms with Crippen LogP contribution < -0.4 is 4.90 Å². The van der Waals surface area contributed by atoms with Gasteiger partial charge in [-0.3, -0.25) is 0 Å². The molecule has 2 aromatic carbocycles. The summed E-state index contributed by atoms with van der Waals surface area (Å²) in [5.74, 6) is -4.93. The summed E-state index contributed by atoms with van der Waals surface area (Å²) in [4.78, 5) is 17.9. The summed E-state index contributed by atoms with van der Waals surface area (Å²) < 4.78 is 63.6. The van der Waals surface area contributed by atoms with Gasteiger partial charge in [0, 0.05) is 23.6 Å². The molecule has 170 valence electrons. The second-order valence-electron chi connectivity index (χ2n) is 7.88. The molecular formula is C23H18F4N4O2. The van der Waals surface area contributed by atoms with Crippen molar-refractivity contribution in [2.24, 2.45) is 0 Å². The van der Waals surface area contributed by atoms with Gasteiger partial charge >= 0.3 is 5.97 Å². The van der Waals surface area contributed by atoms with E-state index >= 15 is 0 Å². The Bertz CT molecular complexity index is 1390. The fourth-order valence-electron chi connectivity index (χ4n) is 4.19. The summed E-state index contributed by atoms with van der Waals surface area (Å²) in [6.07, 6.45) is 0.879. The first kappa shape index (κ1) is 21.2. The number of hydrogen-bond acceptors (Lipinski definition) is 5. The van der Waals surface area contributed by atoms with Crippen molar-refractivity contribution in [3.63, 3.8) is 0 Å². The van der Waals surface area contributed by atoms with E-state index in [1.165, 1.54) is 15.5 Å². The largest absolute Gasteiger partial charge is 0.462 e. The zero-order valence-corrected chi connectivity index (χ0v) is 17.4. The summed E-state index contributed by atoms with van der Waals surface area (Å²) in [5, 5.41) is 4.92. The van der Waals surface area contributed by atoms with Crippen molar-refractivity contribution < 1.29 is 27.1 Å². The standard InChI is InChI=1S/C23H18F4N4O2/c1-2-33-22(32)13-3-6-18-16(9-13)21-28-20(7-8-31(21)29-18)30-12-23(26,27)11-19(30)15-10-14(24)4-5-17(15)25/h3-10,19H,2,11-12H2,1H3. The van der Waals surface area contributed by atoms with E-state index in [1.54, 1.807) is 31.3 Å². The fraction of sp³-hybridized carbons (Fsp3) is 0.261. The van der Waals surface area contributed by atoms with Gasteiger partial charge in [-0.25, -0.2) is 31.9 Å². The number of rotatable bonds is 4. The van der Waals surface area contributed by atoms with Gasteiger partial charge in [-0.15, -0.1) is 0 Å². The zero-order chi connectivity index (χ0) is 23.3. The average Bonchev–Trinajstić information content (AvgIpc) is 3.31. The molecular weight excluding hydrogens is 440 g/mol. The molecule has 33 heavy (non-hydrogen) atoms. The molecule has 1 saturated heterocycles. The number of hydrogen-bond donors (Lipinski definition) is 0. The third kappa shape index (κ3) is 3.75. The summed E-state index contributed by atoms with van der Waals surface area (Å²) in [6, 6.07) is 8.01. The van der Waals surface area contributed by atoms with Crippen LogP contribution in [0.25, 0.3) is 16.6 Å². The molecule has 0 amide bonds. The lowest BCUT2D eigenvalue weighted by Crippen LogP contribution is -2.27. The van der Waals surface area contributed by atoms with Gasteiger partial charge in [-0.05, 0) is 49.4 Å². The molecule has 1 fully saturated rings. The van der Waals surface area contributed by atoms with E-state index in [0.29, 0.717) is 22.1 Å². The number of carbonyl (C=O) groups excluding carboxylic acids is 1. The van der Waals surface area contributed by atoms with E-state index < -0.39 is 42.5 Å². The third-order valence-electron chi connectivity index (χ3n) is 5.65. The van der Waals surface area contributed by atoms with Gasteiger partial charge in [0.05, 0.1) is 30.3 Å². The first-order valence-corrected chi connectivity index (χ1v) is 10.3. The maximum absolute atomic E-state index is 14.4. The number of ether oxygens (including phenoxy) is 1. The molecule has 0 N–H and O–H groups in total. The number of benzene rings is 2. The summed E-state index contributed by atoms with van der Waals surface area (Å²) in [5.41, 5.74) is 1.03. The van der Waals surface area contributed by atoms with Crippen molar-refractivity contribution in [3.05, 3.63) is 71.4 Å². The van der Waals surface area contributed by atoms with E-state index in [1.807, 2.05) is 0 Å². The van der Waals surface area contributed by atoms with Gasteiger partial charge < -0.3 is 9.64 Å². The smallest absolute Gasteiger partial charge is 0.338 e. The predicted octanol–water partition coefficient (Wildman–Crippen LogP) is 4.92. The predicted molar refractivity (Wildman–Crippen MR) is 112 cm³/mol. The minimum atomic E-state index is -3.11. The van der Waals surface area contributed by atoms with Crippen LogP contribution in [0.2, 0.25) is 0 Å². The lowest BCUT2D eigenvalue weighted by atomic mass is 10.0. The topological polar surface area (TPSA) is 59.7 Å². The molecule has 2 aromatic heterocycles. The highest BCUT2D eigenvalue weighted by Gasteiger charge is 2.47. The Morgan fingerprint density at radius 2 is 2.00 bits per heavy atom. The van der Waals surface area contributed by atoms with Crippen molar-refractivity contribution in [2.75, 3.05) is 18.1 Å². The van der Waals surface area contributed by atoms with Crippen molar-refractivity contribution in [3.8, 4) is 0 Å². The van der Waals surface area contributed by atoms with Crippen LogP contribution in [0.5, 0.6) is 0 Å². The normalized spacial score (nSPS) is 17.7. The van der Waals surface area contributed by atoms with Crippen LogP contribution in [0.4, 0.5) is 23.4 Å². The summed E-state index contributed by atoms with van der Waals surface area (Å²) in [7, 11) is 0. The number of alkyl halides is 2. The van der Waals surface area contributed by atoms with Gasteiger partial charge in [0.2, 0.25) is 0 Å². The molecule has 0 bridgehead atoms. The monoisotopic (exact) mass is 458 g/mol. The summed E-state index contributed by atoms with van der Waals surface area (Å²) in [6.45, 7) is 1.22. The molecule has 1 aliphatic heterocycles. The Labute approximate surface area is 185 Å². The Hall–Kier alpha value is -3.69. The third-order valence-corrected chi connectivity index (χ3v) is 5.65. The molecule has 10 heteroatoms. The fourth-order valence-corrected chi connectivity index (χ4v) is 4.19. The minimum absolute atomic E-state index is 0.156. The molecule has 0 spiro atoms. The molecule has 5 rings (SSSR count). The SMILES string of the molecule is CCOC(=O)c1ccc2nn3ccc(N4CC(F)(F)CC4c4cc(F)ccc4F)nc3c2c1. The first-order chi connectivity index (χ1) is 15.8. The Morgan fingerprint density at radius 1 is 1.18 bits per heavy atom. The van der Waals surface area contributed by atoms with Crippen LogP contribution in [0.1, 0.15) is 35.3 Å². The molecule has 1 atom stereocenters. The number of fused-ring (bicyclic) bond motifs is 3. The highest BCUT2D eigenvalue weighted by Crippen LogP contribution is 2.44. The zero-order valence-electron chi connectivity index (χ0n) is 17.4. The van der Waals surface area contributed by atoms with E-state index in [9.17, 15) is 22.4 Å². The molecule has 1 aliphatic rings. The molecule has 4 aromatic rings. The highest BCUT2D eigenvalue weighted by atomic mass is 19.3. The van der Waals surface area contributed by atoms with Crippen LogP contribution in [0.15, 0.2) is 48.7 Å². The minimum Gasteiger partial charge on any atom is -0.462 e. The second-order valence-corrected chi connectivity index (χ2v) is 7.88. The van der Waals surface area contributed by atoms with Crippen molar-refractivity contribution >= 4 is 28.3 Å².